The maximum atomic E-state index is 11.1. The van der Waals surface area contributed by atoms with E-state index in [0.717, 1.165) is 17.7 Å². The summed E-state index contributed by atoms with van der Waals surface area (Å²) in [6, 6.07) is 7.86. The Kier molecular flexibility index (Phi) is 3.52. The Labute approximate surface area is 101 Å². The minimum Gasteiger partial charge on any atom is -0.491 e. The van der Waals surface area contributed by atoms with Crippen LogP contribution < -0.4 is 10.1 Å². The van der Waals surface area contributed by atoms with Gasteiger partial charge in [0.15, 0.2) is 0 Å². The highest BCUT2D eigenvalue weighted by atomic mass is 16.5. The number of nitrogens with one attached hydrogen (secondary N) is 1. The largest absolute Gasteiger partial charge is 0.491 e. The van der Waals surface area contributed by atoms with Crippen LogP contribution in [0.4, 0.5) is 4.79 Å². The molecule has 0 bridgehead atoms. The zero-order chi connectivity index (χ0) is 12.3. The maximum absolute atomic E-state index is 11.1. The highest BCUT2D eigenvalue weighted by Gasteiger charge is 2.20. The highest BCUT2D eigenvalue weighted by Crippen LogP contribution is 2.23. The van der Waals surface area contributed by atoms with Gasteiger partial charge < -0.3 is 14.8 Å². The predicted octanol–water partition coefficient (Wildman–Crippen LogP) is 2.64. The van der Waals surface area contributed by atoms with Crippen LogP contribution in [0.15, 0.2) is 24.3 Å². The van der Waals surface area contributed by atoms with Gasteiger partial charge in [0.25, 0.3) is 0 Å². The minimum absolute atomic E-state index is 0.0457. The number of carbonyl (C=O) groups excluding carboxylic acids is 1. The first kappa shape index (κ1) is 11.8. The summed E-state index contributed by atoms with van der Waals surface area (Å²) >= 11 is 0. The molecular formula is C13H17NO3. The number of benzene rings is 1. The lowest BCUT2D eigenvalue weighted by Gasteiger charge is -2.23. The van der Waals surface area contributed by atoms with E-state index in [0.29, 0.717) is 6.61 Å². The molecule has 1 N–H and O–H groups in total. The van der Waals surface area contributed by atoms with Gasteiger partial charge in [-0.3, -0.25) is 0 Å². The Balaban J connectivity index is 2.04. The molecule has 1 heterocycles. The molecule has 4 heteroatoms. The van der Waals surface area contributed by atoms with Gasteiger partial charge >= 0.3 is 6.09 Å². The summed E-state index contributed by atoms with van der Waals surface area (Å²) in [5, 5.41) is 2.79. The summed E-state index contributed by atoms with van der Waals surface area (Å²) in [6.07, 6.45) is 0.628. The van der Waals surface area contributed by atoms with Gasteiger partial charge in [0, 0.05) is 6.42 Å². The standard InChI is InChI=1S/C13H17NO3/c1-9(2)17-11-5-3-10(4-6-11)12-7-8-16-13(15)14-12/h3-6,9,12H,7-8H2,1-2H3,(H,14,15)/t12-/m1/s1. The van der Waals surface area contributed by atoms with Crippen molar-refractivity contribution < 1.29 is 14.3 Å². The van der Waals surface area contributed by atoms with Crippen molar-refractivity contribution in [2.45, 2.75) is 32.4 Å². The van der Waals surface area contributed by atoms with E-state index in [1.807, 2.05) is 38.1 Å². The molecule has 17 heavy (non-hydrogen) atoms. The number of alkyl carbamates (subject to hydrolysis) is 1. The van der Waals surface area contributed by atoms with Crippen molar-refractivity contribution >= 4 is 6.09 Å². The van der Waals surface area contributed by atoms with Crippen LogP contribution in [0.3, 0.4) is 0 Å². The molecule has 4 nitrogen and oxygen atoms in total. The zero-order valence-electron chi connectivity index (χ0n) is 10.1. The monoisotopic (exact) mass is 235 g/mol. The number of ether oxygens (including phenoxy) is 2. The Morgan fingerprint density at radius 1 is 1.35 bits per heavy atom. The highest BCUT2D eigenvalue weighted by molar-refractivity contribution is 5.68. The number of amides is 1. The number of hydrogen-bond acceptors (Lipinski definition) is 3. The second kappa shape index (κ2) is 5.08. The maximum Gasteiger partial charge on any atom is 0.407 e. The third-order valence-corrected chi connectivity index (χ3v) is 2.59. The van der Waals surface area contributed by atoms with Crippen LogP contribution in [0.2, 0.25) is 0 Å². The molecule has 92 valence electrons. The lowest BCUT2D eigenvalue weighted by Crippen LogP contribution is -2.35. The quantitative estimate of drug-likeness (QED) is 0.876. The van der Waals surface area contributed by atoms with Crippen molar-refractivity contribution in [2.75, 3.05) is 6.61 Å². The Morgan fingerprint density at radius 2 is 2.06 bits per heavy atom. The van der Waals surface area contributed by atoms with E-state index < -0.39 is 0 Å². The van der Waals surface area contributed by atoms with Crippen molar-refractivity contribution in [2.24, 2.45) is 0 Å². The SMILES string of the molecule is CC(C)Oc1ccc([C@H]2CCOC(=O)N2)cc1. The average molecular weight is 235 g/mol. The molecule has 1 aromatic carbocycles. The first-order valence-electron chi connectivity index (χ1n) is 5.85. The van der Waals surface area contributed by atoms with Crippen LogP contribution in [0.25, 0.3) is 0 Å². The smallest absolute Gasteiger partial charge is 0.407 e. The van der Waals surface area contributed by atoms with E-state index in [1.54, 1.807) is 0 Å². The van der Waals surface area contributed by atoms with Gasteiger partial charge in [0.2, 0.25) is 0 Å². The summed E-state index contributed by atoms with van der Waals surface area (Å²) in [7, 11) is 0. The predicted molar refractivity (Wildman–Crippen MR) is 64.0 cm³/mol. The van der Waals surface area contributed by atoms with E-state index in [2.05, 4.69) is 5.32 Å². The molecule has 1 aromatic rings. The molecular weight excluding hydrogens is 218 g/mol. The summed E-state index contributed by atoms with van der Waals surface area (Å²) in [4.78, 5) is 11.1. The Hall–Kier alpha value is -1.71. The van der Waals surface area contributed by atoms with Gasteiger partial charge in [-0.15, -0.1) is 0 Å². The Bertz CT molecular complexity index is 386. The molecule has 0 unspecified atom stereocenters. The lowest BCUT2D eigenvalue weighted by molar-refractivity contribution is 0.115. The van der Waals surface area contributed by atoms with Gasteiger partial charge in [-0.25, -0.2) is 4.79 Å². The summed E-state index contributed by atoms with van der Waals surface area (Å²) in [5.74, 6) is 0.849. The molecule has 1 saturated heterocycles. The molecule has 0 spiro atoms. The van der Waals surface area contributed by atoms with Crippen LogP contribution >= 0.6 is 0 Å². The minimum atomic E-state index is -0.344. The molecule has 1 aliphatic heterocycles. The van der Waals surface area contributed by atoms with Gasteiger partial charge in [0.05, 0.1) is 18.8 Å². The van der Waals surface area contributed by atoms with Crippen molar-refractivity contribution in [1.82, 2.24) is 5.32 Å². The average Bonchev–Trinajstić information content (AvgIpc) is 2.29. The molecule has 0 aliphatic carbocycles. The van der Waals surface area contributed by atoms with E-state index in [-0.39, 0.29) is 18.2 Å². The van der Waals surface area contributed by atoms with E-state index in [4.69, 9.17) is 9.47 Å². The van der Waals surface area contributed by atoms with Crippen molar-refractivity contribution in [1.29, 1.82) is 0 Å². The summed E-state index contributed by atoms with van der Waals surface area (Å²) < 4.78 is 10.4. The number of hydrogen-bond donors (Lipinski definition) is 1. The molecule has 2 rings (SSSR count). The van der Waals surface area contributed by atoms with Gasteiger partial charge in [0.1, 0.15) is 5.75 Å². The van der Waals surface area contributed by atoms with E-state index in [9.17, 15) is 4.79 Å². The lowest BCUT2D eigenvalue weighted by atomic mass is 10.0. The number of rotatable bonds is 3. The third kappa shape index (κ3) is 3.12. The molecule has 1 aliphatic rings. The fourth-order valence-corrected chi connectivity index (χ4v) is 1.83. The van der Waals surface area contributed by atoms with Gasteiger partial charge in [-0.1, -0.05) is 12.1 Å². The van der Waals surface area contributed by atoms with Crippen molar-refractivity contribution in [3.05, 3.63) is 29.8 Å². The molecule has 1 amide bonds. The van der Waals surface area contributed by atoms with Crippen molar-refractivity contribution in [3.63, 3.8) is 0 Å². The second-order valence-corrected chi connectivity index (χ2v) is 4.36. The van der Waals surface area contributed by atoms with Crippen LogP contribution in [0.5, 0.6) is 5.75 Å². The second-order valence-electron chi connectivity index (χ2n) is 4.36. The third-order valence-electron chi connectivity index (χ3n) is 2.59. The van der Waals surface area contributed by atoms with Gasteiger partial charge in [-0.2, -0.15) is 0 Å². The summed E-state index contributed by atoms with van der Waals surface area (Å²) in [6.45, 7) is 4.46. The van der Waals surface area contributed by atoms with Crippen LogP contribution in [-0.2, 0) is 4.74 Å². The first-order valence-corrected chi connectivity index (χ1v) is 5.85. The normalized spacial score (nSPS) is 19.7. The van der Waals surface area contributed by atoms with Crippen LogP contribution in [0.1, 0.15) is 31.9 Å². The summed E-state index contributed by atoms with van der Waals surface area (Å²) in [5.41, 5.74) is 1.08. The Morgan fingerprint density at radius 3 is 2.65 bits per heavy atom. The first-order chi connectivity index (χ1) is 8.15. The van der Waals surface area contributed by atoms with E-state index >= 15 is 0 Å². The topological polar surface area (TPSA) is 47.6 Å². The fourth-order valence-electron chi connectivity index (χ4n) is 1.83. The van der Waals surface area contributed by atoms with E-state index in [1.165, 1.54) is 0 Å². The zero-order valence-corrected chi connectivity index (χ0v) is 10.1. The van der Waals surface area contributed by atoms with Gasteiger partial charge in [-0.05, 0) is 31.5 Å². The molecule has 1 atom stereocenters. The number of cyclic esters (lactones) is 1. The van der Waals surface area contributed by atoms with Crippen LogP contribution in [-0.4, -0.2) is 18.8 Å². The molecule has 0 saturated carbocycles. The molecule has 0 radical (unpaired) electrons. The molecule has 1 fully saturated rings. The van der Waals surface area contributed by atoms with Crippen LogP contribution in [0, 0.1) is 0 Å². The fraction of sp³-hybridized carbons (Fsp3) is 0.462. The van der Waals surface area contributed by atoms with Crippen molar-refractivity contribution in [3.8, 4) is 5.75 Å². The number of carbonyl (C=O) groups is 1. The molecule has 0 aromatic heterocycles.